The standard InChI is InChI=1S/C26H27F2N3O5/c1-16-4-5-19(31-23(33)17-6-7-29-22(11-17)25(2,27)28)12-20(16)18-10-21(26(34-3)14-35-15-26)24(30-13-18)36-9-8-32/h4-7,10-13,32H,8-9,14-15H2,1-3H3,(H,31,33). The number of nitrogens with zero attached hydrogens (tertiary/aromatic N) is 2. The van der Waals surface area contributed by atoms with Crippen molar-refractivity contribution in [3.8, 4) is 17.0 Å². The molecule has 0 saturated carbocycles. The molecule has 1 aromatic carbocycles. The van der Waals surface area contributed by atoms with E-state index in [0.29, 0.717) is 30.3 Å². The summed E-state index contributed by atoms with van der Waals surface area (Å²) in [6, 6.07) is 9.73. The summed E-state index contributed by atoms with van der Waals surface area (Å²) in [5.74, 6) is -3.34. The molecule has 0 radical (unpaired) electrons. The number of benzene rings is 1. The smallest absolute Gasteiger partial charge is 0.286 e. The van der Waals surface area contributed by atoms with Crippen molar-refractivity contribution in [2.45, 2.75) is 25.4 Å². The molecule has 0 spiro atoms. The number of pyridine rings is 2. The summed E-state index contributed by atoms with van der Waals surface area (Å²) in [6.07, 6.45) is 2.83. The summed E-state index contributed by atoms with van der Waals surface area (Å²) in [4.78, 5) is 20.9. The van der Waals surface area contributed by atoms with Gasteiger partial charge in [0.15, 0.2) is 0 Å². The fourth-order valence-corrected chi connectivity index (χ4v) is 3.88. The summed E-state index contributed by atoms with van der Waals surface area (Å²) in [5, 5.41) is 11.9. The number of halogens is 2. The highest BCUT2D eigenvalue weighted by Gasteiger charge is 2.43. The summed E-state index contributed by atoms with van der Waals surface area (Å²) in [7, 11) is 1.59. The molecule has 1 aliphatic heterocycles. The van der Waals surface area contributed by atoms with Crippen molar-refractivity contribution in [2.75, 3.05) is 38.9 Å². The molecule has 1 amide bonds. The molecule has 8 nitrogen and oxygen atoms in total. The topological polar surface area (TPSA) is 103 Å². The van der Waals surface area contributed by atoms with Gasteiger partial charge in [-0.1, -0.05) is 6.07 Å². The number of alkyl halides is 2. The Balaban J connectivity index is 1.65. The monoisotopic (exact) mass is 499 g/mol. The molecule has 1 aliphatic rings. The zero-order chi connectivity index (χ0) is 25.9. The molecular weight excluding hydrogens is 472 g/mol. The highest BCUT2D eigenvalue weighted by atomic mass is 19.3. The van der Waals surface area contributed by atoms with Crippen LogP contribution in [0.1, 0.15) is 34.1 Å². The molecule has 0 unspecified atom stereocenters. The predicted molar refractivity (Wildman–Crippen MR) is 128 cm³/mol. The van der Waals surface area contributed by atoms with E-state index in [-0.39, 0.29) is 18.8 Å². The highest BCUT2D eigenvalue weighted by Crippen LogP contribution is 2.40. The minimum Gasteiger partial charge on any atom is -0.475 e. The number of hydrogen-bond acceptors (Lipinski definition) is 7. The molecular formula is C26H27F2N3O5. The van der Waals surface area contributed by atoms with Gasteiger partial charge in [0, 0.05) is 43.2 Å². The molecule has 3 aromatic rings. The Morgan fingerprint density at radius 2 is 2.00 bits per heavy atom. The van der Waals surface area contributed by atoms with E-state index in [1.54, 1.807) is 25.4 Å². The van der Waals surface area contributed by atoms with Crippen LogP contribution in [0.4, 0.5) is 14.5 Å². The normalized spacial score (nSPS) is 14.7. The Labute approximate surface area is 207 Å². The number of aromatic nitrogens is 2. The number of nitrogens with one attached hydrogen (secondary N) is 1. The Morgan fingerprint density at radius 3 is 2.64 bits per heavy atom. The van der Waals surface area contributed by atoms with Crippen LogP contribution < -0.4 is 10.1 Å². The second-order valence-electron chi connectivity index (χ2n) is 8.64. The summed E-state index contributed by atoms with van der Waals surface area (Å²) >= 11 is 0. The van der Waals surface area contributed by atoms with Crippen LogP contribution in [0.15, 0.2) is 48.8 Å². The lowest BCUT2D eigenvalue weighted by atomic mass is 9.89. The number of aryl methyl sites for hydroxylation is 1. The maximum absolute atomic E-state index is 13.6. The van der Waals surface area contributed by atoms with E-state index in [1.807, 2.05) is 19.1 Å². The summed E-state index contributed by atoms with van der Waals surface area (Å²) in [5.41, 5.74) is 2.55. The Morgan fingerprint density at radius 1 is 1.22 bits per heavy atom. The third-order valence-corrected chi connectivity index (χ3v) is 6.01. The number of aliphatic hydroxyl groups is 1. The lowest BCUT2D eigenvalue weighted by molar-refractivity contribution is -0.203. The average Bonchev–Trinajstić information content (AvgIpc) is 2.83. The number of amides is 1. The van der Waals surface area contributed by atoms with Crippen LogP contribution in [0.25, 0.3) is 11.1 Å². The number of methoxy groups -OCH3 is 1. The van der Waals surface area contributed by atoms with Crippen LogP contribution in [-0.2, 0) is 21.0 Å². The minimum atomic E-state index is -3.16. The van der Waals surface area contributed by atoms with Gasteiger partial charge in [-0.3, -0.25) is 9.78 Å². The van der Waals surface area contributed by atoms with E-state index in [4.69, 9.17) is 14.2 Å². The molecule has 1 fully saturated rings. The third-order valence-electron chi connectivity index (χ3n) is 6.01. The predicted octanol–water partition coefficient (Wildman–Crippen LogP) is 4.06. The van der Waals surface area contributed by atoms with E-state index in [1.165, 1.54) is 12.3 Å². The molecule has 36 heavy (non-hydrogen) atoms. The molecule has 190 valence electrons. The van der Waals surface area contributed by atoms with E-state index in [2.05, 4.69) is 15.3 Å². The first-order valence-corrected chi connectivity index (χ1v) is 11.3. The SMILES string of the molecule is COC1(c2cc(-c3cc(NC(=O)c4ccnc(C(C)(F)F)c4)ccc3C)cnc2OCCO)COC1. The number of carbonyl (C=O) groups is 1. The van der Waals surface area contributed by atoms with E-state index in [0.717, 1.165) is 29.7 Å². The molecule has 2 N–H and O–H groups in total. The fourth-order valence-electron chi connectivity index (χ4n) is 3.88. The van der Waals surface area contributed by atoms with Crippen LogP contribution in [0, 0.1) is 6.92 Å². The number of hydrogen-bond donors (Lipinski definition) is 2. The highest BCUT2D eigenvalue weighted by molar-refractivity contribution is 6.04. The zero-order valence-corrected chi connectivity index (χ0v) is 20.2. The second kappa shape index (κ2) is 10.3. The van der Waals surface area contributed by atoms with Gasteiger partial charge in [0.25, 0.3) is 11.8 Å². The van der Waals surface area contributed by atoms with E-state index in [9.17, 15) is 18.7 Å². The van der Waals surface area contributed by atoms with Crippen LogP contribution >= 0.6 is 0 Å². The van der Waals surface area contributed by atoms with Gasteiger partial charge in [0.05, 0.1) is 25.4 Å². The molecule has 1 saturated heterocycles. The molecule has 4 rings (SSSR count). The second-order valence-corrected chi connectivity index (χ2v) is 8.64. The van der Waals surface area contributed by atoms with Crippen molar-refractivity contribution in [1.29, 1.82) is 0 Å². The van der Waals surface area contributed by atoms with Crippen LogP contribution in [0.3, 0.4) is 0 Å². The number of aliphatic hydroxyl groups excluding tert-OH is 1. The fraction of sp³-hybridized carbons (Fsp3) is 0.346. The lowest BCUT2D eigenvalue weighted by Gasteiger charge is -2.40. The molecule has 0 bridgehead atoms. The van der Waals surface area contributed by atoms with Crippen molar-refractivity contribution in [3.63, 3.8) is 0 Å². The Hall–Kier alpha value is -3.47. The first kappa shape index (κ1) is 25.6. The van der Waals surface area contributed by atoms with Crippen molar-refractivity contribution in [3.05, 3.63) is 71.2 Å². The lowest BCUT2D eigenvalue weighted by Crippen LogP contribution is -2.48. The molecule has 0 atom stereocenters. The van der Waals surface area contributed by atoms with Gasteiger partial charge in [-0.2, -0.15) is 8.78 Å². The van der Waals surface area contributed by atoms with Crippen molar-refractivity contribution in [2.24, 2.45) is 0 Å². The molecule has 0 aliphatic carbocycles. The molecule has 2 aromatic heterocycles. The zero-order valence-electron chi connectivity index (χ0n) is 20.2. The van der Waals surface area contributed by atoms with E-state index < -0.39 is 23.1 Å². The maximum atomic E-state index is 13.6. The van der Waals surface area contributed by atoms with Gasteiger partial charge >= 0.3 is 0 Å². The van der Waals surface area contributed by atoms with Gasteiger partial charge in [-0.05, 0) is 48.4 Å². The average molecular weight is 500 g/mol. The summed E-state index contributed by atoms with van der Waals surface area (Å²) in [6.45, 7) is 3.26. The van der Waals surface area contributed by atoms with Crippen LogP contribution in [-0.4, -0.2) is 54.5 Å². The number of rotatable bonds is 9. The largest absolute Gasteiger partial charge is 0.475 e. The van der Waals surface area contributed by atoms with Crippen molar-refractivity contribution < 1.29 is 32.9 Å². The maximum Gasteiger partial charge on any atom is 0.286 e. The van der Waals surface area contributed by atoms with E-state index >= 15 is 0 Å². The van der Waals surface area contributed by atoms with Gasteiger partial charge in [0.2, 0.25) is 5.88 Å². The summed E-state index contributed by atoms with van der Waals surface area (Å²) < 4.78 is 44.0. The number of carbonyl (C=O) groups excluding carboxylic acids is 1. The Kier molecular flexibility index (Phi) is 7.30. The Bertz CT molecular complexity index is 1250. The number of ether oxygens (including phenoxy) is 3. The first-order chi connectivity index (χ1) is 17.2. The van der Waals surface area contributed by atoms with Gasteiger partial charge < -0.3 is 24.6 Å². The molecule has 3 heterocycles. The van der Waals surface area contributed by atoms with Gasteiger partial charge in [-0.25, -0.2) is 4.98 Å². The van der Waals surface area contributed by atoms with Crippen LogP contribution in [0.2, 0.25) is 0 Å². The molecule has 10 heteroatoms. The van der Waals surface area contributed by atoms with Crippen LogP contribution in [0.5, 0.6) is 5.88 Å². The first-order valence-electron chi connectivity index (χ1n) is 11.3. The van der Waals surface area contributed by atoms with Gasteiger partial charge in [-0.15, -0.1) is 0 Å². The van der Waals surface area contributed by atoms with Crippen molar-refractivity contribution >= 4 is 11.6 Å². The third kappa shape index (κ3) is 5.20. The number of anilines is 1. The quantitative estimate of drug-likeness (QED) is 0.458. The minimum absolute atomic E-state index is 0.0741. The van der Waals surface area contributed by atoms with Gasteiger partial charge in [0.1, 0.15) is 17.9 Å². The van der Waals surface area contributed by atoms with Crippen molar-refractivity contribution in [1.82, 2.24) is 9.97 Å².